The van der Waals surface area contributed by atoms with E-state index >= 15 is 0 Å². The standard InChI is InChI=1S/C42H46O24/c1-14-28(50)32(54)35(57)40(60-14)66-39-34(56)30(52)25(13-59-26(49)7-3-15-2-5-18(45)20(47)8-15)64-42(39)65-38-31(53)27-22(61-37(38)16-4-6-19(46)21(48)9-16)10-17(44)11-23(27)62-41-36(58)33(55)29(51)24(12-43)63-41/h2-11,14,24-25,28-30,32-36,39-48,50-52,54-58H,12-13H2,1H3/t14-,24+,25+,28-,29+,30+,32+,33-,34-,35+,36+,39+,40-,41+,42-/m0/s1. The fourth-order valence-electron chi connectivity index (χ4n) is 7.30. The molecule has 0 saturated carbocycles. The number of carbonyl (C=O) groups excluding carboxylic acids is 1. The van der Waals surface area contributed by atoms with Crippen molar-refractivity contribution in [2.45, 2.75) is 99.0 Å². The van der Waals surface area contributed by atoms with Crippen molar-refractivity contribution < 1.29 is 114 Å². The lowest BCUT2D eigenvalue weighted by atomic mass is 9.97. The first kappa shape index (κ1) is 48.1. The molecule has 0 spiro atoms. The molecular weight excluding hydrogens is 888 g/mol. The number of phenols is 5. The number of carbonyl (C=O) groups is 1. The van der Waals surface area contributed by atoms with Crippen LogP contribution in [0, 0.1) is 0 Å². The van der Waals surface area contributed by atoms with E-state index in [-0.39, 0.29) is 11.1 Å². The first-order valence-corrected chi connectivity index (χ1v) is 20.0. The molecule has 15 atom stereocenters. The maximum absolute atomic E-state index is 14.9. The van der Waals surface area contributed by atoms with Crippen LogP contribution >= 0.6 is 0 Å². The molecule has 0 radical (unpaired) electrons. The molecular formula is C42H46O24. The SMILES string of the molecule is C[C@@H]1O[C@@H](O[C@H]2[C@H](Oc3c(-c4ccc(O)c(O)c4)oc4cc(O)cc(O[C@@H]5O[C@H](CO)[C@@H](O)[C@H](O)[C@H]5O)c4c3=O)O[C@H](COC(=O)C=Cc3ccc(O)c(O)c3)[C@@H](O)[C@@H]2O)[C@H](O)[C@H](O)[C@H]1O. The lowest BCUT2D eigenvalue weighted by molar-refractivity contribution is -0.354. The fourth-order valence-corrected chi connectivity index (χ4v) is 7.30. The van der Waals surface area contributed by atoms with Crippen LogP contribution in [0.3, 0.4) is 0 Å². The minimum absolute atomic E-state index is 0.191. The zero-order valence-electron chi connectivity index (χ0n) is 34.2. The third kappa shape index (κ3) is 9.67. The normalized spacial score (nSPS) is 32.6. The molecule has 4 aromatic rings. The molecule has 0 aliphatic carbocycles. The number of fused-ring (bicyclic) bond motifs is 1. The summed E-state index contributed by atoms with van der Waals surface area (Å²) in [6.45, 7) is -0.374. The Morgan fingerprint density at radius 3 is 1.98 bits per heavy atom. The summed E-state index contributed by atoms with van der Waals surface area (Å²) in [6.07, 6.45) is -25.6. The van der Waals surface area contributed by atoms with Crippen LogP contribution in [0.15, 0.2) is 63.8 Å². The second-order valence-corrected chi connectivity index (χ2v) is 15.6. The van der Waals surface area contributed by atoms with Crippen LogP contribution in [0.25, 0.3) is 28.4 Å². The Bertz CT molecular complexity index is 2470. The van der Waals surface area contributed by atoms with Crippen LogP contribution in [0.5, 0.6) is 40.2 Å². The van der Waals surface area contributed by atoms with Crippen LogP contribution in [0.4, 0.5) is 0 Å². The van der Waals surface area contributed by atoms with Crippen molar-refractivity contribution in [2.75, 3.05) is 13.2 Å². The van der Waals surface area contributed by atoms with E-state index in [1.54, 1.807) is 0 Å². The van der Waals surface area contributed by atoms with Gasteiger partial charge in [0.15, 0.2) is 41.2 Å². The van der Waals surface area contributed by atoms with Gasteiger partial charge in [-0.15, -0.1) is 0 Å². The first-order valence-electron chi connectivity index (χ1n) is 20.0. The molecule has 14 N–H and O–H groups in total. The van der Waals surface area contributed by atoms with Crippen molar-refractivity contribution >= 4 is 23.0 Å². The number of aliphatic hydroxyl groups excluding tert-OH is 9. The van der Waals surface area contributed by atoms with Crippen molar-refractivity contribution in [3.63, 3.8) is 0 Å². The highest BCUT2D eigenvalue weighted by atomic mass is 16.8. The Kier molecular flexibility index (Phi) is 14.3. The average Bonchev–Trinajstić information content (AvgIpc) is 3.28. The summed E-state index contributed by atoms with van der Waals surface area (Å²) >= 11 is 0. The number of rotatable bonds is 12. The molecule has 4 heterocycles. The number of aromatic hydroxyl groups is 5. The first-order chi connectivity index (χ1) is 31.3. The maximum atomic E-state index is 14.9. The van der Waals surface area contributed by atoms with Crippen molar-refractivity contribution in [3.05, 3.63) is 70.4 Å². The van der Waals surface area contributed by atoms with Crippen molar-refractivity contribution in [3.8, 4) is 51.6 Å². The number of hydrogen-bond donors (Lipinski definition) is 14. The highest BCUT2D eigenvalue weighted by Gasteiger charge is 2.52. The molecule has 3 aliphatic heterocycles. The third-order valence-electron chi connectivity index (χ3n) is 11.0. The average molecular weight is 935 g/mol. The predicted molar refractivity (Wildman–Crippen MR) is 216 cm³/mol. The molecule has 24 nitrogen and oxygen atoms in total. The monoisotopic (exact) mass is 934 g/mol. The van der Waals surface area contributed by atoms with Gasteiger partial charge in [0.25, 0.3) is 0 Å². The molecule has 3 saturated heterocycles. The molecule has 1 aromatic heterocycles. The van der Waals surface area contributed by atoms with Crippen LogP contribution in [0.2, 0.25) is 0 Å². The molecule has 0 unspecified atom stereocenters. The molecule has 3 aliphatic rings. The Morgan fingerprint density at radius 1 is 0.667 bits per heavy atom. The third-order valence-corrected chi connectivity index (χ3v) is 11.0. The van der Waals surface area contributed by atoms with Gasteiger partial charge in [-0.25, -0.2) is 4.79 Å². The van der Waals surface area contributed by atoms with Crippen LogP contribution in [-0.2, 0) is 28.5 Å². The van der Waals surface area contributed by atoms with Gasteiger partial charge in [0.1, 0.15) is 90.1 Å². The molecule has 66 heavy (non-hydrogen) atoms. The van der Waals surface area contributed by atoms with Crippen LogP contribution in [-0.4, -0.2) is 183 Å². The van der Waals surface area contributed by atoms with E-state index in [9.17, 15) is 81.1 Å². The molecule has 24 heteroatoms. The van der Waals surface area contributed by atoms with Gasteiger partial charge in [0.2, 0.25) is 23.8 Å². The number of benzene rings is 3. The van der Waals surface area contributed by atoms with Gasteiger partial charge in [-0.05, 0) is 48.9 Å². The fraction of sp³-hybridized carbons (Fsp3) is 0.429. The van der Waals surface area contributed by atoms with Gasteiger partial charge < -0.3 is 109 Å². The van der Waals surface area contributed by atoms with E-state index in [1.165, 1.54) is 19.1 Å². The minimum Gasteiger partial charge on any atom is -0.508 e. The second kappa shape index (κ2) is 19.6. The van der Waals surface area contributed by atoms with Gasteiger partial charge in [0, 0.05) is 23.8 Å². The van der Waals surface area contributed by atoms with Gasteiger partial charge in [-0.3, -0.25) is 4.79 Å². The highest BCUT2D eigenvalue weighted by molar-refractivity contribution is 5.89. The zero-order valence-corrected chi connectivity index (χ0v) is 34.2. The van der Waals surface area contributed by atoms with E-state index < -0.39 is 174 Å². The van der Waals surface area contributed by atoms with Gasteiger partial charge in [-0.1, -0.05) is 6.07 Å². The number of esters is 1. The van der Waals surface area contributed by atoms with E-state index in [2.05, 4.69) is 0 Å². The van der Waals surface area contributed by atoms with E-state index in [4.69, 9.17) is 37.6 Å². The van der Waals surface area contributed by atoms with Gasteiger partial charge in [-0.2, -0.15) is 0 Å². The summed E-state index contributed by atoms with van der Waals surface area (Å²) in [7, 11) is 0. The predicted octanol–water partition coefficient (Wildman–Crippen LogP) is -2.54. The minimum atomic E-state index is -2.14. The summed E-state index contributed by atoms with van der Waals surface area (Å²) in [4.78, 5) is 27.6. The number of ether oxygens (including phenoxy) is 7. The molecule has 3 fully saturated rings. The number of aliphatic hydroxyl groups is 9. The molecule has 0 amide bonds. The Balaban J connectivity index is 1.30. The lowest BCUT2D eigenvalue weighted by Gasteiger charge is -2.45. The Labute approximate surface area is 370 Å². The molecule has 0 bridgehead atoms. The van der Waals surface area contributed by atoms with Crippen LogP contribution in [0.1, 0.15) is 12.5 Å². The molecule has 358 valence electrons. The van der Waals surface area contributed by atoms with E-state index in [0.29, 0.717) is 0 Å². The van der Waals surface area contributed by atoms with Gasteiger partial charge in [0.05, 0.1) is 12.7 Å². The Morgan fingerprint density at radius 2 is 1.30 bits per heavy atom. The second-order valence-electron chi connectivity index (χ2n) is 15.6. The summed E-state index contributed by atoms with van der Waals surface area (Å²) in [6, 6.07) is 8.58. The lowest BCUT2D eigenvalue weighted by Crippen LogP contribution is -2.64. The zero-order chi connectivity index (χ0) is 47.9. The molecule has 3 aromatic carbocycles. The summed E-state index contributed by atoms with van der Waals surface area (Å²) in [5.41, 5.74) is -1.61. The van der Waals surface area contributed by atoms with Crippen LogP contribution < -0.4 is 14.9 Å². The maximum Gasteiger partial charge on any atom is 0.330 e. The van der Waals surface area contributed by atoms with E-state index in [0.717, 1.165) is 48.5 Å². The topological polar surface area (TPSA) is 395 Å². The van der Waals surface area contributed by atoms with Gasteiger partial charge >= 0.3 is 5.97 Å². The largest absolute Gasteiger partial charge is 0.508 e. The highest BCUT2D eigenvalue weighted by Crippen LogP contribution is 2.41. The van der Waals surface area contributed by atoms with E-state index in [1.807, 2.05) is 0 Å². The van der Waals surface area contributed by atoms with Crippen molar-refractivity contribution in [1.29, 1.82) is 0 Å². The number of phenolic OH excluding ortho intramolecular Hbond substituents is 5. The summed E-state index contributed by atoms with van der Waals surface area (Å²) in [5, 5.41) is 146. The van der Waals surface area contributed by atoms with Crippen molar-refractivity contribution in [2.24, 2.45) is 0 Å². The quantitative estimate of drug-likeness (QED) is 0.0395. The van der Waals surface area contributed by atoms with Crippen molar-refractivity contribution in [1.82, 2.24) is 0 Å². The molecule has 7 rings (SSSR count). The number of hydrogen-bond acceptors (Lipinski definition) is 24. The smallest absolute Gasteiger partial charge is 0.330 e. The summed E-state index contributed by atoms with van der Waals surface area (Å²) in [5.74, 6) is -5.96. The Hall–Kier alpha value is -5.84. The summed E-state index contributed by atoms with van der Waals surface area (Å²) < 4.78 is 46.0.